The summed E-state index contributed by atoms with van der Waals surface area (Å²) in [5.41, 5.74) is 2.82. The van der Waals surface area contributed by atoms with Crippen LogP contribution in [0.4, 0.5) is 4.79 Å². The van der Waals surface area contributed by atoms with Crippen molar-refractivity contribution in [2.75, 3.05) is 27.2 Å². The molecule has 0 saturated carbocycles. The maximum absolute atomic E-state index is 11.9. The minimum absolute atomic E-state index is 0.139. The molecule has 1 aliphatic rings. The molecule has 0 spiro atoms. The number of nitrogens with zero attached hydrogens (tertiary/aromatic N) is 2. The molecule has 1 fully saturated rings. The number of hydrogen-bond donors (Lipinski definition) is 0. The number of hydrogen-bond acceptors (Lipinski definition) is 1. The third kappa shape index (κ3) is 3.28. The highest BCUT2D eigenvalue weighted by atomic mass is 16.2. The summed E-state index contributed by atoms with van der Waals surface area (Å²) in [6.45, 7) is 3.93. The lowest BCUT2D eigenvalue weighted by Gasteiger charge is -2.33. The number of aryl methyl sites for hydroxylation is 1. The molecule has 1 aliphatic heterocycles. The number of benzene rings is 1. The minimum Gasteiger partial charge on any atom is -0.331 e. The molecule has 0 bridgehead atoms. The summed E-state index contributed by atoms with van der Waals surface area (Å²) >= 11 is 0. The second kappa shape index (κ2) is 6.09. The maximum atomic E-state index is 11.9. The van der Waals surface area contributed by atoms with E-state index in [2.05, 4.69) is 31.2 Å². The van der Waals surface area contributed by atoms with Crippen LogP contribution in [0, 0.1) is 0 Å². The average molecular weight is 260 g/mol. The van der Waals surface area contributed by atoms with Gasteiger partial charge in [-0.2, -0.15) is 0 Å². The number of carbonyl (C=O) groups excluding carboxylic acids is 1. The van der Waals surface area contributed by atoms with E-state index in [1.807, 2.05) is 19.0 Å². The minimum atomic E-state index is 0.139. The first-order chi connectivity index (χ1) is 9.11. The van der Waals surface area contributed by atoms with E-state index in [1.54, 1.807) is 4.90 Å². The first-order valence-electron chi connectivity index (χ1n) is 7.17. The quantitative estimate of drug-likeness (QED) is 0.801. The highest BCUT2D eigenvalue weighted by Gasteiger charge is 2.24. The molecule has 1 saturated heterocycles. The number of piperidine rings is 1. The Balaban J connectivity index is 1.94. The zero-order chi connectivity index (χ0) is 13.8. The molecule has 0 N–H and O–H groups in total. The van der Waals surface area contributed by atoms with Crippen LogP contribution in [0.1, 0.15) is 36.8 Å². The Morgan fingerprint density at radius 1 is 1.21 bits per heavy atom. The van der Waals surface area contributed by atoms with E-state index in [9.17, 15) is 4.79 Å². The van der Waals surface area contributed by atoms with Crippen molar-refractivity contribution in [3.63, 3.8) is 0 Å². The topological polar surface area (TPSA) is 23.6 Å². The highest BCUT2D eigenvalue weighted by Crippen LogP contribution is 2.28. The molecule has 0 aromatic heterocycles. The van der Waals surface area contributed by atoms with Gasteiger partial charge in [-0.3, -0.25) is 0 Å². The lowest BCUT2D eigenvalue weighted by atomic mass is 9.89. The Morgan fingerprint density at radius 3 is 2.26 bits per heavy atom. The van der Waals surface area contributed by atoms with Gasteiger partial charge < -0.3 is 9.80 Å². The maximum Gasteiger partial charge on any atom is 0.319 e. The van der Waals surface area contributed by atoms with Crippen LogP contribution >= 0.6 is 0 Å². The van der Waals surface area contributed by atoms with Crippen molar-refractivity contribution < 1.29 is 4.79 Å². The van der Waals surface area contributed by atoms with E-state index >= 15 is 0 Å². The molecule has 1 heterocycles. The number of amides is 2. The summed E-state index contributed by atoms with van der Waals surface area (Å²) in [6, 6.07) is 9.11. The predicted octanol–water partition coefficient (Wildman–Crippen LogP) is 3.11. The first kappa shape index (κ1) is 13.9. The third-order valence-electron chi connectivity index (χ3n) is 4.01. The van der Waals surface area contributed by atoms with Crippen molar-refractivity contribution in [1.29, 1.82) is 0 Å². The number of rotatable bonds is 2. The zero-order valence-corrected chi connectivity index (χ0v) is 12.2. The Labute approximate surface area is 116 Å². The number of urea groups is 1. The Morgan fingerprint density at radius 2 is 1.79 bits per heavy atom. The molecule has 3 nitrogen and oxygen atoms in total. The number of carbonyl (C=O) groups is 1. The van der Waals surface area contributed by atoms with Crippen LogP contribution in [0.3, 0.4) is 0 Å². The van der Waals surface area contributed by atoms with Crippen molar-refractivity contribution in [2.24, 2.45) is 0 Å². The van der Waals surface area contributed by atoms with Crippen molar-refractivity contribution >= 4 is 6.03 Å². The van der Waals surface area contributed by atoms with E-state index in [-0.39, 0.29) is 6.03 Å². The summed E-state index contributed by atoms with van der Waals surface area (Å²) in [4.78, 5) is 15.5. The molecule has 0 unspecified atom stereocenters. The van der Waals surface area contributed by atoms with Crippen LogP contribution in [0.5, 0.6) is 0 Å². The molecule has 19 heavy (non-hydrogen) atoms. The van der Waals surface area contributed by atoms with Crippen LogP contribution in [-0.2, 0) is 6.42 Å². The van der Waals surface area contributed by atoms with Gasteiger partial charge in [0.25, 0.3) is 0 Å². The first-order valence-corrected chi connectivity index (χ1v) is 7.17. The summed E-state index contributed by atoms with van der Waals surface area (Å²) in [5, 5.41) is 0. The van der Waals surface area contributed by atoms with Crippen molar-refractivity contribution in [3.8, 4) is 0 Å². The third-order valence-corrected chi connectivity index (χ3v) is 4.01. The summed E-state index contributed by atoms with van der Waals surface area (Å²) in [6.07, 6.45) is 3.24. The Hall–Kier alpha value is -1.51. The summed E-state index contributed by atoms with van der Waals surface area (Å²) in [5.74, 6) is 0.608. The van der Waals surface area contributed by atoms with Gasteiger partial charge in [0.15, 0.2) is 0 Å². The molecular formula is C16H24N2O. The van der Waals surface area contributed by atoms with Gasteiger partial charge in [-0.25, -0.2) is 4.79 Å². The molecule has 0 atom stereocenters. The van der Waals surface area contributed by atoms with Gasteiger partial charge in [0.2, 0.25) is 0 Å². The Kier molecular flexibility index (Phi) is 4.46. The van der Waals surface area contributed by atoms with E-state index in [0.29, 0.717) is 5.92 Å². The highest BCUT2D eigenvalue weighted by molar-refractivity contribution is 5.73. The average Bonchev–Trinajstić information content (AvgIpc) is 2.46. The SMILES string of the molecule is CCc1ccc(C2CCN(C(=O)N(C)C)CC2)cc1. The molecule has 1 aromatic carbocycles. The lowest BCUT2D eigenvalue weighted by Crippen LogP contribution is -2.43. The summed E-state index contributed by atoms with van der Waals surface area (Å²) < 4.78 is 0. The molecule has 1 aromatic rings. The van der Waals surface area contributed by atoms with Crippen LogP contribution in [0.15, 0.2) is 24.3 Å². The van der Waals surface area contributed by atoms with Gasteiger partial charge in [0.05, 0.1) is 0 Å². The molecule has 104 valence electrons. The van der Waals surface area contributed by atoms with Gasteiger partial charge >= 0.3 is 6.03 Å². The number of likely N-dealkylation sites (tertiary alicyclic amines) is 1. The van der Waals surface area contributed by atoms with Crippen molar-refractivity contribution in [1.82, 2.24) is 9.80 Å². The standard InChI is InChI=1S/C16H24N2O/c1-4-13-5-7-14(8-6-13)15-9-11-18(12-10-15)16(19)17(2)3/h5-8,15H,4,9-12H2,1-3H3. The molecule has 3 heteroatoms. The van der Waals surface area contributed by atoms with E-state index in [4.69, 9.17) is 0 Å². The molecule has 2 amide bonds. The molecule has 0 radical (unpaired) electrons. The second-order valence-electron chi connectivity index (χ2n) is 5.53. The molecule has 2 rings (SSSR count). The smallest absolute Gasteiger partial charge is 0.319 e. The van der Waals surface area contributed by atoms with Crippen LogP contribution in [0.25, 0.3) is 0 Å². The van der Waals surface area contributed by atoms with E-state index in [1.165, 1.54) is 11.1 Å². The van der Waals surface area contributed by atoms with Gasteiger partial charge in [-0.05, 0) is 36.3 Å². The fourth-order valence-electron chi connectivity index (χ4n) is 2.71. The fourth-order valence-corrected chi connectivity index (χ4v) is 2.71. The van der Waals surface area contributed by atoms with Gasteiger partial charge in [-0.15, -0.1) is 0 Å². The van der Waals surface area contributed by atoms with E-state index in [0.717, 1.165) is 32.4 Å². The second-order valence-corrected chi connectivity index (χ2v) is 5.53. The normalized spacial score (nSPS) is 16.5. The zero-order valence-electron chi connectivity index (χ0n) is 12.2. The molecule has 0 aliphatic carbocycles. The van der Waals surface area contributed by atoms with Crippen LogP contribution in [0.2, 0.25) is 0 Å². The summed E-state index contributed by atoms with van der Waals surface area (Å²) in [7, 11) is 3.63. The van der Waals surface area contributed by atoms with Gasteiger partial charge in [-0.1, -0.05) is 31.2 Å². The Bertz CT molecular complexity index is 417. The predicted molar refractivity (Wildman–Crippen MR) is 78.5 cm³/mol. The van der Waals surface area contributed by atoms with Gasteiger partial charge in [0, 0.05) is 27.2 Å². The van der Waals surface area contributed by atoms with Crippen LogP contribution < -0.4 is 0 Å². The van der Waals surface area contributed by atoms with E-state index < -0.39 is 0 Å². The van der Waals surface area contributed by atoms with Crippen molar-refractivity contribution in [3.05, 3.63) is 35.4 Å². The monoisotopic (exact) mass is 260 g/mol. The molecular weight excluding hydrogens is 236 g/mol. The lowest BCUT2D eigenvalue weighted by molar-refractivity contribution is 0.156. The van der Waals surface area contributed by atoms with Gasteiger partial charge in [0.1, 0.15) is 0 Å². The fraction of sp³-hybridized carbons (Fsp3) is 0.562. The largest absolute Gasteiger partial charge is 0.331 e. The van der Waals surface area contributed by atoms with Crippen molar-refractivity contribution in [2.45, 2.75) is 32.1 Å². The van der Waals surface area contributed by atoms with Crippen LogP contribution in [-0.4, -0.2) is 43.0 Å².